The number of carbonyl (C=O) groups excluding carboxylic acids is 4. The number of methoxy groups -OCH3 is 1. The van der Waals surface area contributed by atoms with Crippen LogP contribution in [-0.2, 0) is 64.7 Å². The first-order chi connectivity index (χ1) is 37.1. The minimum atomic E-state index is -2.29. The summed E-state index contributed by atoms with van der Waals surface area (Å²) < 4.78 is 78.0. The average molecular weight is 1040 g/mol. The maximum atomic E-state index is 14.3. The molecule has 0 saturated carbocycles. The van der Waals surface area contributed by atoms with Crippen molar-refractivity contribution in [3.05, 3.63) is 216 Å². The smallest absolute Gasteiger partial charge is 0.338 e. The van der Waals surface area contributed by atoms with Crippen LogP contribution in [0.15, 0.2) is 189 Å². The first kappa shape index (κ1) is 53.1. The van der Waals surface area contributed by atoms with Crippen LogP contribution >= 0.6 is 0 Å². The monoisotopic (exact) mass is 1040 g/mol. The maximum Gasteiger partial charge on any atom is 0.338 e. The van der Waals surface area contributed by atoms with Crippen LogP contribution in [0, 0.1) is 0 Å². The molecule has 76 heavy (non-hydrogen) atoms. The van der Waals surface area contributed by atoms with Crippen LogP contribution < -0.4 is 14.8 Å². The lowest BCUT2D eigenvalue weighted by atomic mass is 9.95. The van der Waals surface area contributed by atoms with Crippen LogP contribution in [0.5, 0.6) is 11.5 Å². The van der Waals surface area contributed by atoms with E-state index >= 15 is 0 Å². The molecule has 0 aromatic heterocycles. The molecule has 0 spiro atoms. The molecule has 0 bridgehead atoms. The number of hydrogen-bond acceptors (Lipinski definition) is 16. The van der Waals surface area contributed by atoms with Gasteiger partial charge in [-0.3, -0.25) is 9.53 Å². The lowest BCUT2D eigenvalue weighted by Gasteiger charge is -2.47. The standard InChI is InChI=1S/C59H57NO16/c1-4-34-66-51-48(60-38(2)61)57(69-35-39-20-10-5-11-21-39)70-47(36-67-45-32-30-44(65-3)31-33-45)50(51)74-59(43-28-18-9-19-29-43)75-53-52(73-56(64)42-26-16-8-17-27-42)49(72-55(63)41-24-14-7-15-25-41)46(71-58(53)76-59)37-68-54(62)40-22-12-6-13-23-40/h4-33,46-53,57-58H,1,34-37H2,2-3H3,(H,60,61)/t46-,47-,48-,49+,50-,51+,52+,53-,57-,58-,59?/m1/s1. The molecule has 17 nitrogen and oxygen atoms in total. The van der Waals surface area contributed by atoms with E-state index in [1.54, 1.807) is 159 Å². The topological polar surface area (TPSA) is 191 Å². The summed E-state index contributed by atoms with van der Waals surface area (Å²) in [5.41, 5.74) is 1.72. The number of benzene rings is 6. The SMILES string of the molecule is C=CCO[C@H]1[C@@H](NC(C)=O)[C@H](OCc2ccccc2)O[C@H](COc2ccc(OC)cc2)[C@H]1OC1(c2ccccc2)O[C@H]2O[C@H](COC(=O)c3ccccc3)[C@H](OC(=O)c3ccccc3)[C@H](OC(=O)c3ccccc3)[C@H]2O1. The minimum absolute atomic E-state index is 0.0260. The molecule has 6 aromatic rings. The predicted octanol–water partition coefficient (Wildman–Crippen LogP) is 7.74. The summed E-state index contributed by atoms with van der Waals surface area (Å²) in [4.78, 5) is 55.1. The minimum Gasteiger partial charge on any atom is -0.497 e. The van der Waals surface area contributed by atoms with Crippen molar-refractivity contribution in [1.82, 2.24) is 5.32 Å². The first-order valence-electron chi connectivity index (χ1n) is 24.7. The second-order valence-electron chi connectivity index (χ2n) is 17.8. The van der Waals surface area contributed by atoms with Gasteiger partial charge in [-0.25, -0.2) is 14.4 Å². The van der Waals surface area contributed by atoms with Crippen molar-refractivity contribution in [3.63, 3.8) is 0 Å². The van der Waals surface area contributed by atoms with Gasteiger partial charge >= 0.3 is 23.9 Å². The predicted molar refractivity (Wildman–Crippen MR) is 272 cm³/mol. The molecule has 3 heterocycles. The Balaban J connectivity index is 1.13. The molecule has 17 heteroatoms. The van der Waals surface area contributed by atoms with Crippen molar-refractivity contribution in [1.29, 1.82) is 0 Å². The average Bonchev–Trinajstić information content (AvgIpc) is 3.86. The van der Waals surface area contributed by atoms with E-state index in [0.29, 0.717) is 17.1 Å². The van der Waals surface area contributed by atoms with Gasteiger partial charge in [-0.1, -0.05) is 121 Å². The zero-order chi connectivity index (χ0) is 52.9. The molecule has 11 atom stereocenters. The van der Waals surface area contributed by atoms with Crippen LogP contribution in [0.2, 0.25) is 0 Å². The lowest BCUT2D eigenvalue weighted by molar-refractivity contribution is -0.411. The molecule has 3 aliphatic heterocycles. The van der Waals surface area contributed by atoms with Crippen LogP contribution in [0.4, 0.5) is 0 Å². The summed E-state index contributed by atoms with van der Waals surface area (Å²) in [6.45, 7) is 4.64. The summed E-state index contributed by atoms with van der Waals surface area (Å²) in [6.07, 6.45) is -10.4. The Hall–Kier alpha value is -7.74. The Labute approximate surface area is 439 Å². The highest BCUT2D eigenvalue weighted by Crippen LogP contribution is 2.47. The van der Waals surface area contributed by atoms with E-state index in [4.69, 9.17) is 56.8 Å². The van der Waals surface area contributed by atoms with Crippen molar-refractivity contribution < 1.29 is 76.0 Å². The van der Waals surface area contributed by atoms with Gasteiger partial charge in [-0.2, -0.15) is 0 Å². The Kier molecular flexibility index (Phi) is 17.6. The molecular weight excluding hydrogens is 979 g/mol. The fourth-order valence-electron chi connectivity index (χ4n) is 8.99. The van der Waals surface area contributed by atoms with Gasteiger partial charge in [0.15, 0.2) is 30.9 Å². The van der Waals surface area contributed by atoms with E-state index in [1.165, 1.54) is 6.92 Å². The molecule has 0 radical (unpaired) electrons. The fourth-order valence-corrected chi connectivity index (χ4v) is 8.99. The largest absolute Gasteiger partial charge is 0.497 e. The van der Waals surface area contributed by atoms with Crippen molar-refractivity contribution >= 4 is 23.8 Å². The number of ether oxygens (including phenoxy) is 12. The highest BCUT2D eigenvalue weighted by molar-refractivity contribution is 5.91. The van der Waals surface area contributed by atoms with Gasteiger partial charge < -0.3 is 57.4 Å². The number of nitrogens with one attached hydrogen (secondary N) is 1. The van der Waals surface area contributed by atoms with E-state index in [1.807, 2.05) is 30.3 Å². The molecular formula is C59H57NO16. The molecule has 1 N–H and O–H groups in total. The van der Waals surface area contributed by atoms with Gasteiger partial charge in [0.25, 0.3) is 0 Å². The van der Waals surface area contributed by atoms with Crippen molar-refractivity contribution in [2.75, 3.05) is 26.9 Å². The van der Waals surface area contributed by atoms with Gasteiger partial charge in [0, 0.05) is 12.5 Å². The van der Waals surface area contributed by atoms with Crippen molar-refractivity contribution in [3.8, 4) is 11.5 Å². The number of fused-ring (bicyclic) bond motifs is 1. The van der Waals surface area contributed by atoms with Crippen LogP contribution in [0.3, 0.4) is 0 Å². The molecule has 394 valence electrons. The van der Waals surface area contributed by atoms with Crippen LogP contribution in [-0.4, -0.2) is 112 Å². The summed E-state index contributed by atoms with van der Waals surface area (Å²) >= 11 is 0. The Morgan fingerprint density at radius 1 is 0.592 bits per heavy atom. The number of amides is 1. The lowest BCUT2D eigenvalue weighted by Crippen LogP contribution is -2.67. The highest BCUT2D eigenvalue weighted by Gasteiger charge is 2.64. The number of rotatable bonds is 21. The van der Waals surface area contributed by atoms with E-state index < -0.39 is 97.7 Å². The number of hydrogen-bond donors (Lipinski definition) is 1. The van der Waals surface area contributed by atoms with Gasteiger partial charge in [-0.05, 0) is 66.2 Å². The molecule has 1 unspecified atom stereocenters. The van der Waals surface area contributed by atoms with Crippen molar-refractivity contribution in [2.45, 2.75) is 80.9 Å². The van der Waals surface area contributed by atoms with Crippen LogP contribution in [0.25, 0.3) is 0 Å². The normalized spacial score (nSPS) is 25.7. The Morgan fingerprint density at radius 2 is 1.13 bits per heavy atom. The first-order valence-corrected chi connectivity index (χ1v) is 24.7. The molecule has 6 aromatic carbocycles. The summed E-state index contributed by atoms with van der Waals surface area (Å²) in [5, 5.41) is 2.98. The Morgan fingerprint density at radius 3 is 1.71 bits per heavy atom. The van der Waals surface area contributed by atoms with E-state index in [2.05, 4.69) is 11.9 Å². The molecule has 0 aliphatic carbocycles. The maximum absolute atomic E-state index is 14.3. The molecule has 3 aliphatic rings. The van der Waals surface area contributed by atoms with Gasteiger partial charge in [0.05, 0.1) is 37.0 Å². The zero-order valence-electron chi connectivity index (χ0n) is 41.7. The quantitative estimate of drug-likeness (QED) is 0.0418. The summed E-state index contributed by atoms with van der Waals surface area (Å²) in [6, 6.07) is 48.7. The van der Waals surface area contributed by atoms with E-state index in [0.717, 1.165) is 5.56 Å². The molecule has 3 fully saturated rings. The number of esters is 3. The molecule has 9 rings (SSSR count). The van der Waals surface area contributed by atoms with Crippen molar-refractivity contribution in [2.24, 2.45) is 0 Å². The van der Waals surface area contributed by atoms with Gasteiger partial charge in [-0.15, -0.1) is 6.58 Å². The zero-order valence-corrected chi connectivity index (χ0v) is 41.7. The number of carbonyl (C=O) groups is 4. The van der Waals surface area contributed by atoms with E-state index in [9.17, 15) is 19.2 Å². The fraction of sp³-hybridized carbons (Fsp3) is 0.288. The third-order valence-corrected chi connectivity index (χ3v) is 12.6. The highest BCUT2D eigenvalue weighted by atomic mass is 16.9. The third-order valence-electron chi connectivity index (χ3n) is 12.6. The van der Waals surface area contributed by atoms with Gasteiger partial charge in [0.2, 0.25) is 5.91 Å². The van der Waals surface area contributed by atoms with E-state index in [-0.39, 0.29) is 36.5 Å². The third kappa shape index (κ3) is 12.8. The molecule has 3 saturated heterocycles. The molecule has 1 amide bonds. The van der Waals surface area contributed by atoms with Gasteiger partial charge in [0.1, 0.15) is 55.2 Å². The Bertz CT molecular complexity index is 2850. The van der Waals surface area contributed by atoms with Crippen LogP contribution in [0.1, 0.15) is 49.1 Å². The summed E-state index contributed by atoms with van der Waals surface area (Å²) in [5.74, 6) is -3.95. The second kappa shape index (κ2) is 25.2. The summed E-state index contributed by atoms with van der Waals surface area (Å²) in [7, 11) is 1.56. The second-order valence-corrected chi connectivity index (χ2v) is 17.8.